The summed E-state index contributed by atoms with van der Waals surface area (Å²) < 4.78 is 30.7. The van der Waals surface area contributed by atoms with Crippen LogP contribution in [-0.2, 0) is 16.5 Å². The number of nitrogens with zero attached hydrogens (tertiary/aromatic N) is 2. The summed E-state index contributed by atoms with van der Waals surface area (Å²) in [6, 6.07) is 8.00. The molecule has 1 fully saturated rings. The van der Waals surface area contributed by atoms with Crippen molar-refractivity contribution in [3.8, 4) is 11.5 Å². The quantitative estimate of drug-likeness (QED) is 0.804. The third-order valence-electron chi connectivity index (χ3n) is 4.52. The molecule has 6 nitrogen and oxygen atoms in total. The van der Waals surface area contributed by atoms with Gasteiger partial charge in [0.25, 0.3) is 4.84 Å². The van der Waals surface area contributed by atoms with Crippen molar-refractivity contribution in [3.63, 3.8) is 0 Å². The van der Waals surface area contributed by atoms with E-state index in [4.69, 9.17) is 16.6 Å². The summed E-state index contributed by atoms with van der Waals surface area (Å²) in [5.41, 5.74) is 2.05. The molecule has 2 atom stereocenters. The highest BCUT2D eigenvalue weighted by atomic mass is 32.2. The van der Waals surface area contributed by atoms with Gasteiger partial charge in [-0.3, -0.25) is 0 Å². The Morgan fingerprint density at radius 3 is 2.67 bits per heavy atom. The topological polar surface area (TPSA) is 69.5 Å². The van der Waals surface area contributed by atoms with E-state index < -0.39 is 9.84 Å². The van der Waals surface area contributed by atoms with Crippen LogP contribution in [0.2, 0.25) is 0 Å². The van der Waals surface area contributed by atoms with Crippen LogP contribution in [0.1, 0.15) is 18.9 Å². The van der Waals surface area contributed by atoms with Gasteiger partial charge in [-0.05, 0) is 38.2 Å². The minimum atomic E-state index is -2.89. The van der Waals surface area contributed by atoms with Crippen LogP contribution in [0.4, 0.5) is 0 Å². The van der Waals surface area contributed by atoms with Crippen LogP contribution in [0.25, 0.3) is 11.5 Å². The molecule has 8 heteroatoms. The van der Waals surface area contributed by atoms with E-state index >= 15 is 0 Å². The Labute approximate surface area is 147 Å². The van der Waals surface area contributed by atoms with Gasteiger partial charge in [-0.2, -0.15) is 4.68 Å². The van der Waals surface area contributed by atoms with Crippen molar-refractivity contribution in [3.05, 3.63) is 34.7 Å². The number of hydrogen-bond acceptors (Lipinski definition) is 5. The molecule has 1 aromatic carbocycles. The zero-order valence-corrected chi connectivity index (χ0v) is 15.5. The third-order valence-corrected chi connectivity index (χ3v) is 6.58. The zero-order chi connectivity index (χ0) is 17.3. The molecule has 1 unspecified atom stereocenters. The number of hydrogen-bond donors (Lipinski definition) is 1. The van der Waals surface area contributed by atoms with Crippen molar-refractivity contribution in [1.82, 2.24) is 9.78 Å². The maximum atomic E-state index is 11.7. The van der Waals surface area contributed by atoms with Crippen LogP contribution in [0, 0.1) is 11.8 Å². The minimum absolute atomic E-state index is 0.0985. The molecule has 0 bridgehead atoms. The molecule has 130 valence electrons. The van der Waals surface area contributed by atoms with Gasteiger partial charge in [-0.25, -0.2) is 8.42 Å². The van der Waals surface area contributed by atoms with Gasteiger partial charge in [0, 0.05) is 12.0 Å². The van der Waals surface area contributed by atoms with Crippen molar-refractivity contribution in [2.45, 2.75) is 33.0 Å². The van der Waals surface area contributed by atoms with E-state index in [1.54, 1.807) is 4.68 Å². The summed E-state index contributed by atoms with van der Waals surface area (Å²) in [6.45, 7) is 5.40. The molecule has 24 heavy (non-hydrogen) atoms. The monoisotopic (exact) mass is 368 g/mol. The van der Waals surface area contributed by atoms with Crippen molar-refractivity contribution in [1.29, 1.82) is 0 Å². The average molecular weight is 369 g/mol. The summed E-state index contributed by atoms with van der Waals surface area (Å²) in [4.78, 5) is 1.48. The molecule has 3 rings (SSSR count). The third kappa shape index (κ3) is 3.76. The fourth-order valence-corrected chi connectivity index (χ4v) is 5.07. The summed E-state index contributed by atoms with van der Waals surface area (Å²) in [6.07, 6.45) is 0.696. The Bertz CT molecular complexity index is 869. The van der Waals surface area contributed by atoms with E-state index in [0.29, 0.717) is 23.8 Å². The molecule has 2 heterocycles. The highest BCUT2D eigenvalue weighted by Crippen LogP contribution is 2.18. The second-order valence-electron chi connectivity index (χ2n) is 6.31. The summed E-state index contributed by atoms with van der Waals surface area (Å²) in [5, 5.41) is 4.48. The second kappa shape index (κ2) is 6.78. The number of nitrogens with one attached hydrogen (secondary N) is 1. The molecule has 1 aliphatic heterocycles. The molecule has 1 N–H and O–H groups in total. The molecule has 1 aromatic heterocycles. The first-order valence-electron chi connectivity index (χ1n) is 8.08. The van der Waals surface area contributed by atoms with Crippen molar-refractivity contribution < 1.29 is 17.7 Å². The molecular formula is C16H22N3O3S2+. The predicted octanol–water partition coefficient (Wildman–Crippen LogP) is 1.23. The van der Waals surface area contributed by atoms with E-state index in [1.807, 2.05) is 38.1 Å². The number of quaternary nitrogens is 1. The SMILES string of the molecule is CC[NH+](Cn1nc(-c2ccc(C)cc2)oc1=S)[C@@H]1CCS(=O)(=O)C1. The number of rotatable bonds is 5. The molecular weight excluding hydrogens is 346 g/mol. The first-order chi connectivity index (χ1) is 11.4. The van der Waals surface area contributed by atoms with Crippen LogP contribution in [-0.4, -0.2) is 42.3 Å². The molecule has 0 amide bonds. The lowest BCUT2D eigenvalue weighted by molar-refractivity contribution is -0.943. The van der Waals surface area contributed by atoms with E-state index in [2.05, 4.69) is 5.10 Å². The molecule has 0 aliphatic carbocycles. The Hall–Kier alpha value is -1.51. The summed E-state index contributed by atoms with van der Waals surface area (Å²) in [5.74, 6) is 1.01. The van der Waals surface area contributed by atoms with Crippen LogP contribution >= 0.6 is 12.2 Å². The van der Waals surface area contributed by atoms with E-state index in [9.17, 15) is 8.42 Å². The van der Waals surface area contributed by atoms with Gasteiger partial charge in [0.05, 0.1) is 12.3 Å². The molecule has 1 saturated heterocycles. The molecule has 0 radical (unpaired) electrons. The van der Waals surface area contributed by atoms with E-state index in [1.165, 1.54) is 5.56 Å². The number of aryl methyl sites for hydroxylation is 1. The zero-order valence-electron chi connectivity index (χ0n) is 13.9. The van der Waals surface area contributed by atoms with Crippen LogP contribution in [0.5, 0.6) is 0 Å². The largest absolute Gasteiger partial charge is 0.409 e. The maximum Gasteiger partial charge on any atom is 0.292 e. The van der Waals surface area contributed by atoms with E-state index in [-0.39, 0.29) is 17.5 Å². The lowest BCUT2D eigenvalue weighted by atomic mass is 10.1. The Morgan fingerprint density at radius 2 is 2.08 bits per heavy atom. The number of benzene rings is 1. The maximum absolute atomic E-state index is 11.7. The standard InChI is InChI=1S/C16H21N3O3S2/c1-3-18(14-8-9-24(20,21)10-14)11-19-16(23)22-15(17-19)13-6-4-12(2)5-7-13/h4-7,14H,3,8-11H2,1-2H3/p+1/t14-/m1/s1. The van der Waals surface area contributed by atoms with Gasteiger partial charge < -0.3 is 9.32 Å². The molecule has 0 saturated carbocycles. The van der Waals surface area contributed by atoms with Crippen LogP contribution in [0.3, 0.4) is 0 Å². The summed E-state index contributed by atoms with van der Waals surface area (Å²) in [7, 11) is -2.89. The Kier molecular flexibility index (Phi) is 4.89. The van der Waals surface area contributed by atoms with Crippen molar-refractivity contribution >= 4 is 22.1 Å². The molecule has 2 aromatic rings. The lowest BCUT2D eigenvalue weighted by Crippen LogP contribution is -3.15. The fraction of sp³-hybridized carbons (Fsp3) is 0.500. The first kappa shape index (κ1) is 17.3. The van der Waals surface area contributed by atoms with Crippen molar-refractivity contribution in [2.24, 2.45) is 0 Å². The van der Waals surface area contributed by atoms with Gasteiger partial charge >= 0.3 is 0 Å². The predicted molar refractivity (Wildman–Crippen MR) is 94.1 cm³/mol. The minimum Gasteiger partial charge on any atom is -0.409 e. The van der Waals surface area contributed by atoms with Crippen molar-refractivity contribution in [2.75, 3.05) is 18.1 Å². The number of sulfone groups is 1. The molecule has 1 aliphatic rings. The van der Waals surface area contributed by atoms with Crippen LogP contribution < -0.4 is 4.90 Å². The lowest BCUT2D eigenvalue weighted by Gasteiger charge is -2.22. The van der Waals surface area contributed by atoms with Gasteiger partial charge in [0.2, 0.25) is 5.89 Å². The highest BCUT2D eigenvalue weighted by Gasteiger charge is 2.35. The Balaban J connectivity index is 1.80. The van der Waals surface area contributed by atoms with Gasteiger partial charge in [0.1, 0.15) is 11.8 Å². The highest BCUT2D eigenvalue weighted by molar-refractivity contribution is 7.91. The van der Waals surface area contributed by atoms with Gasteiger partial charge in [0.15, 0.2) is 16.5 Å². The summed E-state index contributed by atoms with van der Waals surface area (Å²) >= 11 is 5.29. The Morgan fingerprint density at radius 1 is 1.38 bits per heavy atom. The fourth-order valence-electron chi connectivity index (χ4n) is 3.06. The van der Waals surface area contributed by atoms with E-state index in [0.717, 1.165) is 17.0 Å². The normalized spacial score (nSPS) is 21.0. The van der Waals surface area contributed by atoms with Gasteiger partial charge in [-0.15, -0.1) is 5.10 Å². The van der Waals surface area contributed by atoms with Gasteiger partial charge in [-0.1, -0.05) is 17.7 Å². The molecule has 0 spiro atoms. The average Bonchev–Trinajstić information content (AvgIpc) is 3.08. The smallest absolute Gasteiger partial charge is 0.292 e. The second-order valence-corrected chi connectivity index (χ2v) is 8.89. The number of aromatic nitrogens is 2. The first-order valence-corrected chi connectivity index (χ1v) is 10.3. The van der Waals surface area contributed by atoms with Crippen LogP contribution in [0.15, 0.2) is 28.7 Å².